The highest BCUT2D eigenvalue weighted by molar-refractivity contribution is 6.00. The van der Waals surface area contributed by atoms with Crippen LogP contribution in [-0.4, -0.2) is 26.1 Å². The van der Waals surface area contributed by atoms with E-state index in [-0.39, 0.29) is 23.2 Å². The topological polar surface area (TPSA) is 68.0 Å². The first-order chi connectivity index (χ1) is 10.1. The molecule has 1 N–H and O–H groups in total. The molecule has 1 heterocycles. The van der Waals surface area contributed by atoms with Gasteiger partial charge in [-0.05, 0) is 30.3 Å². The second-order valence-corrected chi connectivity index (χ2v) is 4.46. The molecule has 2 aromatic carbocycles. The van der Waals surface area contributed by atoms with Gasteiger partial charge in [0.1, 0.15) is 22.7 Å². The molecule has 0 amide bonds. The minimum absolute atomic E-state index is 0.00862. The summed E-state index contributed by atoms with van der Waals surface area (Å²) in [6.07, 6.45) is 0. The molecule has 7 heteroatoms. The smallest absolute Gasteiger partial charge is 0.337 e. The highest BCUT2D eigenvalue weighted by atomic mass is 19.1. The Hall–Kier alpha value is -2.83. The van der Waals surface area contributed by atoms with Crippen LogP contribution in [0.4, 0.5) is 8.78 Å². The van der Waals surface area contributed by atoms with E-state index >= 15 is 0 Å². The number of nitrogens with zero attached hydrogens (tertiary/aromatic N) is 3. The molecule has 0 bridgehead atoms. The zero-order valence-corrected chi connectivity index (χ0v) is 10.6. The van der Waals surface area contributed by atoms with Gasteiger partial charge in [0.2, 0.25) is 0 Å². The van der Waals surface area contributed by atoms with Gasteiger partial charge in [0.15, 0.2) is 0 Å². The lowest BCUT2D eigenvalue weighted by atomic mass is 10.1. The van der Waals surface area contributed by atoms with E-state index < -0.39 is 17.6 Å². The maximum atomic E-state index is 13.7. The van der Waals surface area contributed by atoms with Gasteiger partial charge in [-0.15, -0.1) is 5.10 Å². The standard InChI is InChI=1S/C14H9F2N3O2/c15-9-4-5-11(16)8(6-9)7-19-13-10(14(20)21)2-1-3-12(13)17-18-19/h1-6H,7H2,(H,20,21). The molecule has 5 nitrogen and oxygen atoms in total. The molecule has 106 valence electrons. The van der Waals surface area contributed by atoms with Gasteiger partial charge < -0.3 is 5.11 Å². The van der Waals surface area contributed by atoms with Gasteiger partial charge in [-0.2, -0.15) is 0 Å². The number of aromatic nitrogens is 3. The van der Waals surface area contributed by atoms with Crippen molar-refractivity contribution in [2.24, 2.45) is 0 Å². The fourth-order valence-electron chi connectivity index (χ4n) is 2.14. The van der Waals surface area contributed by atoms with Crippen LogP contribution in [0.3, 0.4) is 0 Å². The maximum Gasteiger partial charge on any atom is 0.337 e. The van der Waals surface area contributed by atoms with Crippen molar-refractivity contribution >= 4 is 17.0 Å². The monoisotopic (exact) mass is 289 g/mol. The largest absolute Gasteiger partial charge is 0.478 e. The molecule has 0 fully saturated rings. The molecule has 0 radical (unpaired) electrons. The number of carboxylic acid groups (broad SMARTS) is 1. The van der Waals surface area contributed by atoms with Crippen molar-refractivity contribution < 1.29 is 18.7 Å². The van der Waals surface area contributed by atoms with E-state index in [1.807, 2.05) is 0 Å². The Morgan fingerprint density at radius 3 is 2.81 bits per heavy atom. The number of carboxylic acids is 1. The first-order valence-corrected chi connectivity index (χ1v) is 6.05. The molecule has 0 aliphatic heterocycles. The van der Waals surface area contributed by atoms with Gasteiger partial charge in [0, 0.05) is 5.56 Å². The number of halogens is 2. The van der Waals surface area contributed by atoms with Crippen LogP contribution in [0.5, 0.6) is 0 Å². The first kappa shape index (κ1) is 13.2. The van der Waals surface area contributed by atoms with Gasteiger partial charge in [-0.25, -0.2) is 18.3 Å². The number of hydrogen-bond acceptors (Lipinski definition) is 3. The molecule has 0 aliphatic carbocycles. The van der Waals surface area contributed by atoms with E-state index in [1.54, 1.807) is 12.1 Å². The lowest BCUT2D eigenvalue weighted by Gasteiger charge is -2.06. The van der Waals surface area contributed by atoms with Crippen molar-refractivity contribution in [1.29, 1.82) is 0 Å². The Labute approximate surface area is 117 Å². The van der Waals surface area contributed by atoms with E-state index in [9.17, 15) is 18.7 Å². The summed E-state index contributed by atoms with van der Waals surface area (Å²) in [7, 11) is 0. The summed E-state index contributed by atoms with van der Waals surface area (Å²) >= 11 is 0. The summed E-state index contributed by atoms with van der Waals surface area (Å²) in [5.41, 5.74) is 0.733. The van der Waals surface area contributed by atoms with Gasteiger partial charge in [0.05, 0.1) is 12.1 Å². The fraction of sp³-hybridized carbons (Fsp3) is 0.0714. The van der Waals surface area contributed by atoms with Crippen molar-refractivity contribution in [3.63, 3.8) is 0 Å². The Morgan fingerprint density at radius 2 is 2.05 bits per heavy atom. The van der Waals surface area contributed by atoms with Crippen LogP contribution in [0.15, 0.2) is 36.4 Å². The second kappa shape index (κ2) is 4.93. The third-order valence-corrected chi connectivity index (χ3v) is 3.09. The summed E-state index contributed by atoms with van der Waals surface area (Å²) in [5.74, 6) is -2.30. The van der Waals surface area contributed by atoms with Gasteiger partial charge >= 0.3 is 5.97 Å². The zero-order chi connectivity index (χ0) is 15.0. The predicted octanol–water partition coefficient (Wildman–Crippen LogP) is 2.46. The van der Waals surface area contributed by atoms with E-state index in [4.69, 9.17) is 0 Å². The highest BCUT2D eigenvalue weighted by Crippen LogP contribution is 2.19. The van der Waals surface area contributed by atoms with E-state index in [0.717, 1.165) is 18.2 Å². The quantitative estimate of drug-likeness (QED) is 0.804. The van der Waals surface area contributed by atoms with Crippen LogP contribution in [0.2, 0.25) is 0 Å². The average Bonchev–Trinajstić information content (AvgIpc) is 2.86. The van der Waals surface area contributed by atoms with Crippen molar-refractivity contribution in [1.82, 2.24) is 15.0 Å². The SMILES string of the molecule is O=C(O)c1cccc2nnn(Cc3cc(F)ccc3F)c12. The van der Waals surface area contributed by atoms with Gasteiger partial charge in [-0.3, -0.25) is 0 Å². The van der Waals surface area contributed by atoms with Gasteiger partial charge in [-0.1, -0.05) is 11.3 Å². The summed E-state index contributed by atoms with van der Waals surface area (Å²) in [6.45, 7) is -0.107. The highest BCUT2D eigenvalue weighted by Gasteiger charge is 2.16. The first-order valence-electron chi connectivity index (χ1n) is 6.05. The van der Waals surface area contributed by atoms with Crippen LogP contribution in [-0.2, 0) is 6.54 Å². The van der Waals surface area contributed by atoms with E-state index in [1.165, 1.54) is 10.7 Å². The number of carbonyl (C=O) groups is 1. The number of fused-ring (bicyclic) bond motifs is 1. The second-order valence-electron chi connectivity index (χ2n) is 4.46. The molecule has 0 spiro atoms. The van der Waals surface area contributed by atoms with Crippen LogP contribution in [0.25, 0.3) is 11.0 Å². The lowest BCUT2D eigenvalue weighted by Crippen LogP contribution is -2.07. The van der Waals surface area contributed by atoms with Crippen molar-refractivity contribution in [3.05, 3.63) is 59.2 Å². The lowest BCUT2D eigenvalue weighted by molar-refractivity contribution is 0.0698. The summed E-state index contributed by atoms with van der Waals surface area (Å²) in [6, 6.07) is 7.64. The predicted molar refractivity (Wildman–Crippen MR) is 69.9 cm³/mol. The molecule has 3 aromatic rings. The molecular weight excluding hydrogens is 280 g/mol. The molecule has 1 aromatic heterocycles. The molecule has 0 unspecified atom stereocenters. The van der Waals surface area contributed by atoms with E-state index in [0.29, 0.717) is 5.52 Å². The number of benzene rings is 2. The average molecular weight is 289 g/mol. The number of hydrogen-bond donors (Lipinski definition) is 1. The summed E-state index contributed by atoms with van der Waals surface area (Å²) in [5, 5.41) is 16.8. The molecule has 3 rings (SSSR count). The van der Waals surface area contributed by atoms with Crippen LogP contribution in [0, 0.1) is 11.6 Å². The van der Waals surface area contributed by atoms with Gasteiger partial charge in [0.25, 0.3) is 0 Å². The third kappa shape index (κ3) is 2.33. The molecule has 21 heavy (non-hydrogen) atoms. The molecule has 0 saturated carbocycles. The van der Waals surface area contributed by atoms with Crippen LogP contribution >= 0.6 is 0 Å². The zero-order valence-electron chi connectivity index (χ0n) is 10.6. The number of para-hydroxylation sites is 1. The molecule has 0 aliphatic rings. The minimum atomic E-state index is -1.14. The summed E-state index contributed by atoms with van der Waals surface area (Å²) in [4.78, 5) is 11.2. The molecule has 0 saturated heterocycles. The minimum Gasteiger partial charge on any atom is -0.478 e. The summed E-state index contributed by atoms with van der Waals surface area (Å²) < 4.78 is 28.1. The maximum absolute atomic E-state index is 13.7. The Morgan fingerprint density at radius 1 is 1.24 bits per heavy atom. The van der Waals surface area contributed by atoms with Crippen molar-refractivity contribution in [2.75, 3.05) is 0 Å². The Kier molecular flexibility index (Phi) is 3.09. The van der Waals surface area contributed by atoms with Crippen molar-refractivity contribution in [3.8, 4) is 0 Å². The van der Waals surface area contributed by atoms with Crippen molar-refractivity contribution in [2.45, 2.75) is 6.54 Å². The van der Waals surface area contributed by atoms with E-state index in [2.05, 4.69) is 10.3 Å². The van der Waals surface area contributed by atoms with Crippen LogP contribution < -0.4 is 0 Å². The number of rotatable bonds is 3. The Balaban J connectivity index is 2.13. The van der Waals surface area contributed by atoms with Crippen LogP contribution in [0.1, 0.15) is 15.9 Å². The fourth-order valence-corrected chi connectivity index (χ4v) is 2.14. The molecular formula is C14H9F2N3O2. The number of aromatic carboxylic acids is 1. The molecule has 0 atom stereocenters. The third-order valence-electron chi connectivity index (χ3n) is 3.09. The Bertz CT molecular complexity index is 845. The normalized spacial score (nSPS) is 11.0.